The summed E-state index contributed by atoms with van der Waals surface area (Å²) >= 11 is 1.07. The van der Waals surface area contributed by atoms with E-state index in [-0.39, 0.29) is 35.7 Å². The van der Waals surface area contributed by atoms with Crippen LogP contribution in [0.25, 0.3) is 0 Å². The number of methoxy groups -OCH3 is 1. The minimum absolute atomic E-state index is 0.0577. The van der Waals surface area contributed by atoms with Gasteiger partial charge in [0, 0.05) is 29.6 Å². The van der Waals surface area contributed by atoms with Crippen molar-refractivity contribution in [3.63, 3.8) is 0 Å². The van der Waals surface area contributed by atoms with Gasteiger partial charge in [0.15, 0.2) is 0 Å². The molecule has 1 amide bonds. The van der Waals surface area contributed by atoms with Gasteiger partial charge in [-0.25, -0.2) is 4.79 Å². The van der Waals surface area contributed by atoms with Gasteiger partial charge in [0.1, 0.15) is 5.75 Å². The van der Waals surface area contributed by atoms with Crippen molar-refractivity contribution in [3.8, 4) is 5.75 Å². The first-order chi connectivity index (χ1) is 14.9. The average Bonchev–Trinajstić information content (AvgIpc) is 3.20. The Hall–Kier alpha value is -3.60. The summed E-state index contributed by atoms with van der Waals surface area (Å²) in [5, 5.41) is 10.8. The van der Waals surface area contributed by atoms with Crippen molar-refractivity contribution in [3.05, 3.63) is 74.9 Å². The first-order valence-corrected chi connectivity index (χ1v) is 10.2. The fourth-order valence-corrected chi connectivity index (χ4v) is 3.35. The van der Waals surface area contributed by atoms with Crippen LogP contribution in [0.5, 0.6) is 5.75 Å². The van der Waals surface area contributed by atoms with E-state index in [1.54, 1.807) is 38.3 Å². The molecule has 2 heterocycles. The summed E-state index contributed by atoms with van der Waals surface area (Å²) in [7, 11) is 1.55. The van der Waals surface area contributed by atoms with Crippen molar-refractivity contribution in [2.45, 2.75) is 25.1 Å². The van der Waals surface area contributed by atoms with E-state index in [1.807, 2.05) is 0 Å². The summed E-state index contributed by atoms with van der Waals surface area (Å²) in [5.41, 5.74) is 0.444. The SMILES string of the molecule is C=CCn1c(=O)[nH]c(C)c(Cc2nnc(SCC(=O)Nc3cccc(OC)c3)o2)c1=O. The number of rotatable bonds is 9. The van der Waals surface area contributed by atoms with Crippen LogP contribution >= 0.6 is 11.8 Å². The standard InChI is InChI=1S/C20H21N5O5S/c1-4-8-25-18(27)15(12(2)21-19(25)28)10-17-23-24-20(30-17)31-11-16(26)22-13-6-5-7-14(9-13)29-3/h4-7,9H,1,8,10-11H2,2-3H3,(H,21,28)(H,22,26). The Kier molecular flexibility index (Phi) is 7.08. The smallest absolute Gasteiger partial charge is 0.328 e. The molecule has 1 aromatic carbocycles. The van der Waals surface area contributed by atoms with Crippen molar-refractivity contribution in [1.82, 2.24) is 19.7 Å². The number of ether oxygens (including phenoxy) is 1. The molecule has 0 aliphatic rings. The number of allylic oxidation sites excluding steroid dienone is 1. The maximum Gasteiger partial charge on any atom is 0.328 e. The minimum atomic E-state index is -0.505. The monoisotopic (exact) mass is 443 g/mol. The molecule has 0 radical (unpaired) electrons. The maximum absolute atomic E-state index is 12.6. The summed E-state index contributed by atoms with van der Waals surface area (Å²) in [4.78, 5) is 39.3. The van der Waals surface area contributed by atoms with Crippen LogP contribution in [0.1, 0.15) is 17.1 Å². The van der Waals surface area contributed by atoms with E-state index in [4.69, 9.17) is 9.15 Å². The third kappa shape index (κ3) is 5.51. The summed E-state index contributed by atoms with van der Waals surface area (Å²) in [5.74, 6) is 0.648. The van der Waals surface area contributed by atoms with Gasteiger partial charge in [-0.3, -0.25) is 14.2 Å². The Balaban J connectivity index is 1.64. The second kappa shape index (κ2) is 9.94. The third-order valence-electron chi connectivity index (χ3n) is 4.26. The molecule has 0 aliphatic heterocycles. The van der Waals surface area contributed by atoms with Crippen LogP contribution in [-0.2, 0) is 17.8 Å². The fourth-order valence-electron chi connectivity index (χ4n) is 2.77. The lowest BCUT2D eigenvalue weighted by Crippen LogP contribution is -2.37. The highest BCUT2D eigenvalue weighted by molar-refractivity contribution is 7.99. The number of nitrogens with zero attached hydrogens (tertiary/aromatic N) is 3. The molecule has 31 heavy (non-hydrogen) atoms. The Morgan fingerprint density at radius 3 is 2.94 bits per heavy atom. The van der Waals surface area contributed by atoms with Gasteiger partial charge in [0.2, 0.25) is 11.8 Å². The Bertz CT molecular complexity index is 1210. The zero-order valence-electron chi connectivity index (χ0n) is 17.0. The van der Waals surface area contributed by atoms with Crippen LogP contribution in [-0.4, -0.2) is 38.5 Å². The van der Waals surface area contributed by atoms with Gasteiger partial charge in [0.25, 0.3) is 10.8 Å². The van der Waals surface area contributed by atoms with Gasteiger partial charge in [-0.05, 0) is 19.1 Å². The van der Waals surface area contributed by atoms with Crippen LogP contribution in [0.3, 0.4) is 0 Å². The van der Waals surface area contributed by atoms with E-state index in [0.29, 0.717) is 22.7 Å². The minimum Gasteiger partial charge on any atom is -0.497 e. The molecule has 0 aliphatic carbocycles. The van der Waals surface area contributed by atoms with Gasteiger partial charge >= 0.3 is 5.69 Å². The number of carbonyl (C=O) groups excluding carboxylic acids is 1. The van der Waals surface area contributed by atoms with E-state index in [9.17, 15) is 14.4 Å². The van der Waals surface area contributed by atoms with Crippen LogP contribution < -0.4 is 21.3 Å². The lowest BCUT2D eigenvalue weighted by Gasteiger charge is -2.07. The van der Waals surface area contributed by atoms with Crippen LogP contribution in [0.2, 0.25) is 0 Å². The molecule has 0 saturated heterocycles. The largest absolute Gasteiger partial charge is 0.497 e. The van der Waals surface area contributed by atoms with E-state index < -0.39 is 11.2 Å². The number of hydrogen-bond donors (Lipinski definition) is 2. The Morgan fingerprint density at radius 1 is 1.39 bits per heavy atom. The van der Waals surface area contributed by atoms with Crippen LogP contribution in [0, 0.1) is 6.92 Å². The summed E-state index contributed by atoms with van der Waals surface area (Å²) < 4.78 is 11.7. The number of nitrogens with one attached hydrogen (secondary N) is 2. The number of hydrogen-bond acceptors (Lipinski definition) is 8. The van der Waals surface area contributed by atoms with Crippen LogP contribution in [0.4, 0.5) is 5.69 Å². The molecule has 0 saturated carbocycles. The van der Waals surface area contributed by atoms with Crippen molar-refractivity contribution >= 4 is 23.4 Å². The quantitative estimate of drug-likeness (QED) is 0.378. The number of amides is 1. The number of anilines is 1. The zero-order chi connectivity index (χ0) is 22.4. The van der Waals surface area contributed by atoms with Gasteiger partial charge in [-0.2, -0.15) is 0 Å². The number of H-pyrrole nitrogens is 1. The molecular formula is C20H21N5O5S. The molecule has 0 atom stereocenters. The van der Waals surface area contributed by atoms with Gasteiger partial charge < -0.3 is 19.5 Å². The molecule has 0 unspecified atom stereocenters. The van der Waals surface area contributed by atoms with E-state index in [0.717, 1.165) is 16.3 Å². The number of carbonyl (C=O) groups is 1. The molecule has 3 rings (SSSR count). The lowest BCUT2D eigenvalue weighted by atomic mass is 10.1. The van der Waals surface area contributed by atoms with E-state index >= 15 is 0 Å². The molecule has 0 bridgehead atoms. The number of thioether (sulfide) groups is 1. The van der Waals surface area contributed by atoms with Crippen LogP contribution in [0.15, 0.2) is 56.1 Å². The summed E-state index contributed by atoms with van der Waals surface area (Å²) in [6.45, 7) is 5.27. The van der Waals surface area contributed by atoms with Crippen molar-refractivity contribution in [2.24, 2.45) is 0 Å². The Morgan fingerprint density at radius 2 is 2.19 bits per heavy atom. The first-order valence-electron chi connectivity index (χ1n) is 9.23. The predicted octanol–water partition coefficient (Wildman–Crippen LogP) is 1.74. The zero-order valence-corrected chi connectivity index (χ0v) is 17.8. The second-order valence-electron chi connectivity index (χ2n) is 6.45. The average molecular weight is 443 g/mol. The number of aryl methyl sites for hydroxylation is 1. The number of benzene rings is 1. The molecule has 10 nitrogen and oxygen atoms in total. The molecule has 2 N–H and O–H groups in total. The van der Waals surface area contributed by atoms with E-state index in [2.05, 4.69) is 27.1 Å². The molecule has 162 valence electrons. The van der Waals surface area contributed by atoms with Crippen molar-refractivity contribution < 1.29 is 13.9 Å². The summed E-state index contributed by atoms with van der Waals surface area (Å²) in [6, 6.07) is 7.01. The molecule has 11 heteroatoms. The maximum atomic E-state index is 12.6. The topological polar surface area (TPSA) is 132 Å². The van der Waals surface area contributed by atoms with Gasteiger partial charge in [-0.15, -0.1) is 16.8 Å². The van der Waals surface area contributed by atoms with Gasteiger partial charge in [0.05, 0.1) is 19.3 Å². The number of aromatic amines is 1. The Labute approximate surface area is 181 Å². The number of aromatic nitrogens is 4. The van der Waals surface area contributed by atoms with Crippen molar-refractivity contribution in [2.75, 3.05) is 18.2 Å². The molecule has 2 aromatic heterocycles. The highest BCUT2D eigenvalue weighted by atomic mass is 32.2. The van der Waals surface area contributed by atoms with Gasteiger partial charge in [-0.1, -0.05) is 23.9 Å². The molecule has 0 spiro atoms. The highest BCUT2D eigenvalue weighted by Crippen LogP contribution is 2.20. The normalized spacial score (nSPS) is 10.6. The first kappa shape index (κ1) is 22.1. The third-order valence-corrected chi connectivity index (χ3v) is 5.08. The fraction of sp³-hybridized carbons (Fsp3) is 0.250. The van der Waals surface area contributed by atoms with Crippen molar-refractivity contribution in [1.29, 1.82) is 0 Å². The lowest BCUT2D eigenvalue weighted by molar-refractivity contribution is -0.113. The molecular weight excluding hydrogens is 422 g/mol. The molecule has 0 fully saturated rings. The second-order valence-corrected chi connectivity index (χ2v) is 7.37. The summed E-state index contributed by atoms with van der Waals surface area (Å²) in [6.07, 6.45) is 1.52. The predicted molar refractivity (Wildman–Crippen MR) is 116 cm³/mol. The van der Waals surface area contributed by atoms with E-state index in [1.165, 1.54) is 6.08 Å². The molecule has 3 aromatic rings. The highest BCUT2D eigenvalue weighted by Gasteiger charge is 2.16.